The first-order valence-electron chi connectivity index (χ1n) is 11.2. The van der Waals surface area contributed by atoms with Gasteiger partial charge in [0, 0.05) is 11.1 Å². The van der Waals surface area contributed by atoms with E-state index >= 15 is 0 Å². The van der Waals surface area contributed by atoms with Crippen LogP contribution < -0.4 is 11.2 Å². The van der Waals surface area contributed by atoms with Gasteiger partial charge in [0.1, 0.15) is 5.69 Å². The molecule has 0 fully saturated rings. The maximum absolute atomic E-state index is 10.3. The number of anilines is 1. The van der Waals surface area contributed by atoms with Gasteiger partial charge in [-0.05, 0) is 54.3 Å². The zero-order chi connectivity index (χ0) is 25.7. The van der Waals surface area contributed by atoms with Gasteiger partial charge in [-0.25, -0.2) is 10.2 Å². The summed E-state index contributed by atoms with van der Waals surface area (Å²) in [6.07, 6.45) is 8.17. The lowest BCUT2D eigenvalue weighted by molar-refractivity contribution is 0.308. The Labute approximate surface area is 213 Å². The van der Waals surface area contributed by atoms with E-state index < -0.39 is 0 Å². The smallest absolute Gasteiger partial charge is 0.191 e. The van der Waals surface area contributed by atoms with Crippen LogP contribution in [-0.4, -0.2) is 21.5 Å². The number of benzene rings is 2. The molecule has 0 bridgehead atoms. The molecule has 3 aromatic rings. The molecule has 4 N–H and O–H groups in total. The molecule has 2 aromatic carbocycles. The molecule has 182 valence electrons. The van der Waals surface area contributed by atoms with Crippen molar-refractivity contribution >= 4 is 34.2 Å². The van der Waals surface area contributed by atoms with Crippen LogP contribution in [0.25, 0.3) is 28.7 Å². The number of aromatic nitrogens is 2. The monoisotopic (exact) mass is 500 g/mol. The second kappa shape index (κ2) is 10.9. The highest BCUT2D eigenvalue weighted by Crippen LogP contribution is 2.39. The van der Waals surface area contributed by atoms with Gasteiger partial charge in [-0.15, -0.1) is 0 Å². The Hall–Kier alpha value is -4.43. The topological polar surface area (TPSA) is 118 Å². The van der Waals surface area contributed by atoms with Crippen molar-refractivity contribution in [3.05, 3.63) is 107 Å². The Morgan fingerprint density at radius 1 is 1.28 bits per heavy atom. The Balaban J connectivity index is 1.75. The van der Waals surface area contributed by atoms with Gasteiger partial charge in [0.25, 0.3) is 0 Å². The first kappa shape index (κ1) is 24.7. The van der Waals surface area contributed by atoms with Gasteiger partial charge >= 0.3 is 0 Å². The van der Waals surface area contributed by atoms with Crippen molar-refractivity contribution in [3.8, 4) is 16.9 Å². The van der Waals surface area contributed by atoms with E-state index in [2.05, 4.69) is 23.8 Å². The zero-order valence-electron chi connectivity index (χ0n) is 19.5. The lowest BCUT2D eigenvalue weighted by atomic mass is 9.88. The largest absolute Gasteiger partial charge is 0.397 e. The molecule has 0 saturated carbocycles. The van der Waals surface area contributed by atoms with E-state index in [-0.39, 0.29) is 17.5 Å². The summed E-state index contributed by atoms with van der Waals surface area (Å²) < 4.78 is 1.88. The van der Waals surface area contributed by atoms with Gasteiger partial charge in [0.2, 0.25) is 0 Å². The van der Waals surface area contributed by atoms with Crippen molar-refractivity contribution in [1.29, 1.82) is 5.41 Å². The first-order chi connectivity index (χ1) is 17.4. The zero-order valence-corrected chi connectivity index (χ0v) is 20.3. The van der Waals surface area contributed by atoms with E-state index in [1.54, 1.807) is 6.08 Å². The van der Waals surface area contributed by atoms with Crippen LogP contribution in [0, 0.1) is 10.3 Å². The molecule has 8 nitrogen and oxygen atoms in total. The Bertz CT molecular complexity index is 1400. The Morgan fingerprint density at radius 2 is 2.06 bits per heavy atom. The van der Waals surface area contributed by atoms with Crippen LogP contribution >= 0.6 is 11.6 Å². The van der Waals surface area contributed by atoms with Crippen molar-refractivity contribution in [3.63, 3.8) is 0 Å². The number of rotatable bonds is 10. The van der Waals surface area contributed by atoms with E-state index in [4.69, 9.17) is 32.7 Å². The molecule has 9 heteroatoms. The molecular formula is C27H25ClN6O2. The number of aryl methyl sites for hydroxylation is 1. The predicted octanol–water partition coefficient (Wildman–Crippen LogP) is 5.98. The molecule has 1 aliphatic carbocycles. The normalized spacial score (nSPS) is 12.5. The van der Waals surface area contributed by atoms with Crippen LogP contribution in [0.5, 0.6) is 0 Å². The SMILES string of the molecule is C=C/C=C(/ONc1ccc2c(c1)-c1c(c(C(=C)N)nn1-c1ccc(/C=C\CN=O)cc1)CC2)C(=N)Cl. The number of nitrogens with one attached hydrogen (secondary N) is 2. The van der Waals surface area contributed by atoms with Gasteiger partial charge in [0.15, 0.2) is 10.9 Å². The van der Waals surface area contributed by atoms with Gasteiger partial charge < -0.3 is 10.6 Å². The summed E-state index contributed by atoms with van der Waals surface area (Å²) in [7, 11) is 0. The third kappa shape index (κ3) is 5.13. The summed E-state index contributed by atoms with van der Waals surface area (Å²) in [6.45, 7) is 7.67. The molecule has 0 aliphatic heterocycles. The number of fused-ring (bicyclic) bond motifs is 3. The third-order valence-electron chi connectivity index (χ3n) is 5.69. The number of nitrogens with zero attached hydrogens (tertiary/aromatic N) is 3. The van der Waals surface area contributed by atoms with Gasteiger partial charge in [-0.1, -0.05) is 66.4 Å². The van der Waals surface area contributed by atoms with Gasteiger partial charge in [-0.2, -0.15) is 10.0 Å². The predicted molar refractivity (Wildman–Crippen MR) is 146 cm³/mol. The molecule has 4 rings (SSSR count). The van der Waals surface area contributed by atoms with E-state index in [9.17, 15) is 4.91 Å². The molecule has 0 spiro atoms. The molecule has 0 radical (unpaired) electrons. The van der Waals surface area contributed by atoms with Crippen LogP contribution in [0.4, 0.5) is 5.69 Å². The second-order valence-electron chi connectivity index (χ2n) is 8.08. The van der Waals surface area contributed by atoms with E-state index in [0.717, 1.165) is 46.5 Å². The summed E-state index contributed by atoms with van der Waals surface area (Å²) in [5.41, 5.74) is 16.7. The summed E-state index contributed by atoms with van der Waals surface area (Å²) in [6, 6.07) is 13.7. The van der Waals surface area contributed by atoms with E-state index in [1.807, 2.05) is 53.2 Å². The summed E-state index contributed by atoms with van der Waals surface area (Å²) in [5, 5.41) is 15.0. The molecule has 0 atom stereocenters. The minimum Gasteiger partial charge on any atom is -0.397 e. The fourth-order valence-electron chi connectivity index (χ4n) is 4.08. The quantitative estimate of drug-likeness (QED) is 0.104. The molecule has 0 unspecified atom stereocenters. The van der Waals surface area contributed by atoms with E-state index in [0.29, 0.717) is 17.1 Å². The molecular weight excluding hydrogens is 476 g/mol. The maximum atomic E-state index is 10.3. The van der Waals surface area contributed by atoms with E-state index in [1.165, 1.54) is 12.2 Å². The summed E-state index contributed by atoms with van der Waals surface area (Å²) >= 11 is 5.79. The summed E-state index contributed by atoms with van der Waals surface area (Å²) in [4.78, 5) is 15.8. The number of hydrogen-bond acceptors (Lipinski definition) is 7. The lowest BCUT2D eigenvalue weighted by Gasteiger charge is -2.20. The molecule has 0 saturated heterocycles. The number of hydrogen-bond donors (Lipinski definition) is 3. The van der Waals surface area contributed by atoms with Crippen LogP contribution in [0.3, 0.4) is 0 Å². The summed E-state index contributed by atoms with van der Waals surface area (Å²) in [5.74, 6) is 0.148. The van der Waals surface area contributed by atoms with Crippen molar-refractivity contribution < 1.29 is 4.84 Å². The molecule has 1 aromatic heterocycles. The minimum atomic E-state index is -0.243. The minimum absolute atomic E-state index is 0.129. The van der Waals surface area contributed by atoms with Crippen LogP contribution in [0.2, 0.25) is 0 Å². The fraction of sp³-hybridized carbons (Fsp3) is 0.111. The molecule has 1 aliphatic rings. The van der Waals surface area contributed by atoms with Gasteiger partial charge in [0.05, 0.1) is 29.3 Å². The standard InChI is InChI=1S/C27H25ClN6O2/c1-3-5-24(27(28)30)36-33-20-11-9-19-10-14-22-25(17(2)29)32-34(26(22)23(19)16-20)21-12-7-18(8-13-21)6-4-15-31-35/h3-9,11-13,16,30,33H,1-2,10,14-15,29H2/b6-4-,24-5+,30-27?. The average Bonchev–Trinajstić information content (AvgIpc) is 3.27. The number of halogens is 1. The molecule has 0 amide bonds. The van der Waals surface area contributed by atoms with Crippen molar-refractivity contribution in [2.24, 2.45) is 10.9 Å². The first-order valence-corrected chi connectivity index (χ1v) is 11.6. The molecule has 1 heterocycles. The highest BCUT2D eigenvalue weighted by Gasteiger charge is 2.27. The highest BCUT2D eigenvalue weighted by molar-refractivity contribution is 6.68. The van der Waals surface area contributed by atoms with Crippen molar-refractivity contribution in [1.82, 2.24) is 9.78 Å². The Kier molecular flexibility index (Phi) is 7.46. The van der Waals surface area contributed by atoms with Crippen molar-refractivity contribution in [2.45, 2.75) is 12.8 Å². The van der Waals surface area contributed by atoms with Crippen LogP contribution in [0.15, 0.2) is 84.8 Å². The number of nitroso groups, excluding NO2 is 1. The molecule has 36 heavy (non-hydrogen) atoms. The fourth-order valence-corrected chi connectivity index (χ4v) is 4.18. The van der Waals surface area contributed by atoms with Crippen molar-refractivity contribution in [2.75, 3.05) is 12.0 Å². The Morgan fingerprint density at radius 3 is 2.72 bits per heavy atom. The number of allylic oxidation sites excluding steroid dienone is 3. The lowest BCUT2D eigenvalue weighted by Crippen LogP contribution is -2.10. The van der Waals surface area contributed by atoms with Gasteiger partial charge in [-0.3, -0.25) is 5.41 Å². The second-order valence-corrected chi connectivity index (χ2v) is 8.45. The van der Waals surface area contributed by atoms with Crippen LogP contribution in [-0.2, 0) is 17.7 Å². The van der Waals surface area contributed by atoms with Crippen LogP contribution in [0.1, 0.15) is 22.4 Å². The highest BCUT2D eigenvalue weighted by atomic mass is 35.5. The number of nitrogens with two attached hydrogens (primary N) is 1. The maximum Gasteiger partial charge on any atom is 0.191 e. The average molecular weight is 501 g/mol. The third-order valence-corrected chi connectivity index (χ3v) is 5.88.